The third-order valence-electron chi connectivity index (χ3n) is 6.09. The molecule has 31 heavy (non-hydrogen) atoms. The fourth-order valence-corrected chi connectivity index (χ4v) is 4.95. The van der Waals surface area contributed by atoms with Gasteiger partial charge >= 0.3 is 6.09 Å². The van der Waals surface area contributed by atoms with Gasteiger partial charge in [-0.15, -0.1) is 0 Å². The van der Waals surface area contributed by atoms with Gasteiger partial charge in [0.2, 0.25) is 5.91 Å². The van der Waals surface area contributed by atoms with Crippen LogP contribution in [0.1, 0.15) is 58.6 Å². The van der Waals surface area contributed by atoms with E-state index in [0.717, 1.165) is 16.6 Å². The Kier molecular flexibility index (Phi) is 5.41. The highest BCUT2D eigenvalue weighted by molar-refractivity contribution is 9.10. The van der Waals surface area contributed by atoms with Gasteiger partial charge in [-0.05, 0) is 80.1 Å². The lowest BCUT2D eigenvalue weighted by Crippen LogP contribution is -2.45. The number of anilines is 1. The summed E-state index contributed by atoms with van der Waals surface area (Å²) in [6.07, 6.45) is 1.00. The monoisotopic (exact) mass is 484 g/mol. The molecular formula is C25H29BrN2O3. The predicted octanol–water partition coefficient (Wildman–Crippen LogP) is 6.09. The number of halogens is 1. The Balaban J connectivity index is 1.55. The Hall–Kier alpha value is -2.34. The van der Waals surface area contributed by atoms with Crippen LogP contribution in [0.25, 0.3) is 11.1 Å². The minimum absolute atomic E-state index is 0.162. The molecule has 5 nitrogen and oxygen atoms in total. The highest BCUT2D eigenvalue weighted by Gasteiger charge is 2.38. The first-order valence-electron chi connectivity index (χ1n) is 10.7. The first kappa shape index (κ1) is 21.9. The molecule has 2 amide bonds. The van der Waals surface area contributed by atoms with Gasteiger partial charge in [0.05, 0.1) is 0 Å². The number of carbonyl (C=O) groups excluding carboxylic acids is 2. The maximum atomic E-state index is 13.1. The van der Waals surface area contributed by atoms with Crippen molar-refractivity contribution >= 4 is 33.6 Å². The summed E-state index contributed by atoms with van der Waals surface area (Å²) in [6, 6.07) is 11.9. The smallest absolute Gasteiger partial charge is 0.410 e. The third-order valence-corrected chi connectivity index (χ3v) is 6.58. The van der Waals surface area contributed by atoms with Crippen molar-refractivity contribution in [3.8, 4) is 11.1 Å². The van der Waals surface area contributed by atoms with E-state index in [-0.39, 0.29) is 11.3 Å². The molecule has 1 atom stereocenters. The van der Waals surface area contributed by atoms with Crippen molar-refractivity contribution in [1.82, 2.24) is 4.90 Å². The van der Waals surface area contributed by atoms with Gasteiger partial charge in [-0.1, -0.05) is 41.9 Å². The second kappa shape index (κ2) is 7.66. The zero-order valence-electron chi connectivity index (χ0n) is 18.7. The Labute approximate surface area is 192 Å². The van der Waals surface area contributed by atoms with Crippen LogP contribution in [-0.4, -0.2) is 35.1 Å². The normalized spacial score (nSPS) is 19.0. The molecule has 2 aromatic rings. The molecule has 2 aliphatic rings. The minimum Gasteiger partial charge on any atom is -0.444 e. The number of likely N-dealkylation sites (tertiary alicyclic amines) is 1. The number of benzene rings is 2. The summed E-state index contributed by atoms with van der Waals surface area (Å²) in [7, 11) is 0. The van der Waals surface area contributed by atoms with Gasteiger partial charge in [0.15, 0.2) is 0 Å². The molecule has 1 fully saturated rings. The van der Waals surface area contributed by atoms with Crippen molar-refractivity contribution in [3.05, 3.63) is 52.0 Å². The second-order valence-electron chi connectivity index (χ2n) is 9.90. The number of ether oxygens (including phenoxy) is 1. The van der Waals surface area contributed by atoms with Crippen molar-refractivity contribution < 1.29 is 14.3 Å². The molecule has 1 N–H and O–H groups in total. The fraction of sp³-hybridized carbons (Fsp3) is 0.440. The number of nitrogens with one attached hydrogen (secondary N) is 1. The van der Waals surface area contributed by atoms with Crippen LogP contribution in [0.5, 0.6) is 0 Å². The number of carbonyl (C=O) groups is 2. The zero-order valence-corrected chi connectivity index (χ0v) is 20.3. The van der Waals surface area contributed by atoms with Crippen molar-refractivity contribution in [3.63, 3.8) is 0 Å². The molecule has 6 heteroatoms. The average Bonchev–Trinajstić information content (AvgIpc) is 3.23. The molecule has 0 radical (unpaired) electrons. The Morgan fingerprint density at radius 3 is 2.42 bits per heavy atom. The van der Waals surface area contributed by atoms with Crippen LogP contribution >= 0.6 is 15.9 Å². The summed E-state index contributed by atoms with van der Waals surface area (Å²) in [4.78, 5) is 27.1. The average molecular weight is 485 g/mol. The number of rotatable bonds is 2. The fourth-order valence-electron chi connectivity index (χ4n) is 4.59. The van der Waals surface area contributed by atoms with Gasteiger partial charge in [-0.2, -0.15) is 0 Å². The molecule has 0 unspecified atom stereocenters. The maximum absolute atomic E-state index is 13.1. The van der Waals surface area contributed by atoms with Gasteiger partial charge in [0, 0.05) is 22.1 Å². The maximum Gasteiger partial charge on any atom is 0.410 e. The summed E-state index contributed by atoms with van der Waals surface area (Å²) in [6.45, 7) is 10.4. The van der Waals surface area contributed by atoms with Crippen molar-refractivity contribution in [1.29, 1.82) is 0 Å². The van der Waals surface area contributed by atoms with Crippen LogP contribution in [0.3, 0.4) is 0 Å². The molecule has 1 aliphatic carbocycles. The Morgan fingerprint density at radius 1 is 1.10 bits per heavy atom. The summed E-state index contributed by atoms with van der Waals surface area (Å²) < 4.78 is 6.55. The largest absolute Gasteiger partial charge is 0.444 e. The quantitative estimate of drug-likeness (QED) is 0.560. The van der Waals surface area contributed by atoms with E-state index in [2.05, 4.69) is 65.4 Å². The molecule has 164 valence electrons. The number of hydrogen-bond acceptors (Lipinski definition) is 3. The Morgan fingerprint density at radius 2 is 1.74 bits per heavy atom. The van der Waals surface area contributed by atoms with E-state index in [9.17, 15) is 9.59 Å². The third kappa shape index (κ3) is 4.10. The number of amides is 2. The van der Waals surface area contributed by atoms with E-state index < -0.39 is 17.7 Å². The van der Waals surface area contributed by atoms with E-state index in [4.69, 9.17) is 4.74 Å². The van der Waals surface area contributed by atoms with Gasteiger partial charge in [0.1, 0.15) is 11.6 Å². The van der Waals surface area contributed by atoms with Gasteiger partial charge < -0.3 is 10.1 Å². The molecule has 1 saturated heterocycles. The van der Waals surface area contributed by atoms with Crippen molar-refractivity contribution in [2.75, 3.05) is 11.9 Å². The van der Waals surface area contributed by atoms with Crippen LogP contribution in [0, 0.1) is 0 Å². The molecule has 0 aromatic heterocycles. The standard InChI is InChI=1S/C25H29BrN2O3/c1-24(2,3)31-23(30)28-12-6-7-21(28)22(29)27-16-9-11-18-17-10-8-15(26)13-19(17)25(4,5)20(18)14-16/h8-11,13-14,21H,6-7,12H2,1-5H3,(H,27,29)/t21-/m0/s1. The predicted molar refractivity (Wildman–Crippen MR) is 126 cm³/mol. The molecule has 0 saturated carbocycles. The Bertz CT molecular complexity index is 1060. The van der Waals surface area contributed by atoms with Crippen molar-refractivity contribution in [2.24, 2.45) is 0 Å². The van der Waals surface area contributed by atoms with Gasteiger partial charge in [-0.25, -0.2) is 4.79 Å². The SMILES string of the molecule is CC(C)(C)OC(=O)N1CCC[C@H]1C(=O)Nc1ccc2c(c1)C(C)(C)c1cc(Br)ccc1-2. The van der Waals surface area contributed by atoms with Crippen LogP contribution in [-0.2, 0) is 14.9 Å². The first-order valence-corrected chi connectivity index (χ1v) is 11.5. The summed E-state index contributed by atoms with van der Waals surface area (Å²) in [5.74, 6) is -0.167. The van der Waals surface area contributed by atoms with E-state index in [1.165, 1.54) is 22.3 Å². The second-order valence-corrected chi connectivity index (χ2v) is 10.8. The summed E-state index contributed by atoms with van der Waals surface area (Å²) >= 11 is 3.58. The molecule has 0 bridgehead atoms. The van der Waals surface area contributed by atoms with Crippen LogP contribution in [0.15, 0.2) is 40.9 Å². The van der Waals surface area contributed by atoms with E-state index >= 15 is 0 Å². The van der Waals surface area contributed by atoms with Crippen LogP contribution in [0.4, 0.5) is 10.5 Å². The van der Waals surface area contributed by atoms with Gasteiger partial charge in [0.25, 0.3) is 0 Å². The number of fused-ring (bicyclic) bond motifs is 3. The highest BCUT2D eigenvalue weighted by Crippen LogP contribution is 2.50. The lowest BCUT2D eigenvalue weighted by Gasteiger charge is -2.28. The van der Waals surface area contributed by atoms with Gasteiger partial charge in [-0.3, -0.25) is 9.69 Å². The van der Waals surface area contributed by atoms with E-state index in [1.54, 1.807) is 4.90 Å². The van der Waals surface area contributed by atoms with Crippen LogP contribution < -0.4 is 5.32 Å². The number of nitrogens with zero attached hydrogens (tertiary/aromatic N) is 1. The zero-order chi connectivity index (χ0) is 22.6. The number of hydrogen-bond donors (Lipinski definition) is 1. The molecule has 1 heterocycles. The lowest BCUT2D eigenvalue weighted by atomic mass is 9.82. The molecule has 0 spiro atoms. The molecule has 4 rings (SSSR count). The van der Waals surface area contributed by atoms with Crippen molar-refractivity contribution in [2.45, 2.75) is 64.5 Å². The summed E-state index contributed by atoms with van der Waals surface area (Å²) in [5.41, 5.74) is 4.89. The molecule has 1 aliphatic heterocycles. The molecular weight excluding hydrogens is 456 g/mol. The van der Waals surface area contributed by atoms with E-state index in [0.29, 0.717) is 13.0 Å². The summed E-state index contributed by atoms with van der Waals surface area (Å²) in [5, 5.41) is 3.04. The molecule has 2 aromatic carbocycles. The lowest BCUT2D eigenvalue weighted by molar-refractivity contribution is -0.120. The minimum atomic E-state index is -0.587. The highest BCUT2D eigenvalue weighted by atomic mass is 79.9. The van der Waals surface area contributed by atoms with Crippen LogP contribution in [0.2, 0.25) is 0 Å². The first-order chi connectivity index (χ1) is 14.5. The topological polar surface area (TPSA) is 58.6 Å². The van der Waals surface area contributed by atoms with E-state index in [1.807, 2.05) is 26.8 Å².